The summed E-state index contributed by atoms with van der Waals surface area (Å²) in [6.07, 6.45) is 2.10. The lowest BCUT2D eigenvalue weighted by Crippen LogP contribution is -2.27. The van der Waals surface area contributed by atoms with Gasteiger partial charge in [-0.1, -0.05) is 30.3 Å². The van der Waals surface area contributed by atoms with Crippen LogP contribution in [-0.2, 0) is 9.53 Å². The topological polar surface area (TPSA) is 121 Å². The van der Waals surface area contributed by atoms with Gasteiger partial charge in [-0.05, 0) is 43.2 Å². The standard InChI is InChI=1S/C24H26N8O2/c1-2-34-22(16-6-4-3-5-7-16)24(33)27-20-9-8-19(28-29-20)26-18-11-13-32(15-18)21-14-17-10-12-25-23(17)31-30-21/h3-10,12,14,18,22H,2,11,13,15H2,1H3,(H,25,31)(H,26,28)(H,27,29,33)/t18-,22?/m1/s1. The fraction of sp³-hybridized carbons (Fsp3) is 0.292. The summed E-state index contributed by atoms with van der Waals surface area (Å²) < 4.78 is 5.65. The number of aromatic amines is 1. The molecule has 10 nitrogen and oxygen atoms in total. The number of fused-ring (bicyclic) bond motifs is 1. The SMILES string of the molecule is CCOC(C(=O)Nc1ccc(N[C@@H]2CCN(c3cc4cc[nH]c4nn3)C2)nn1)c1ccccc1. The zero-order valence-electron chi connectivity index (χ0n) is 18.8. The van der Waals surface area contributed by atoms with Crippen LogP contribution in [-0.4, -0.2) is 57.0 Å². The van der Waals surface area contributed by atoms with E-state index in [1.54, 1.807) is 6.07 Å². The Morgan fingerprint density at radius 2 is 1.94 bits per heavy atom. The van der Waals surface area contributed by atoms with E-state index in [0.717, 1.165) is 41.9 Å². The molecule has 0 aliphatic carbocycles. The number of amides is 1. The molecule has 0 saturated carbocycles. The molecule has 10 heteroatoms. The Hall–Kier alpha value is -4.05. The summed E-state index contributed by atoms with van der Waals surface area (Å²) in [5, 5.41) is 24.2. The summed E-state index contributed by atoms with van der Waals surface area (Å²) in [7, 11) is 0. The minimum atomic E-state index is -0.705. The number of nitrogens with one attached hydrogen (secondary N) is 3. The Kier molecular flexibility index (Phi) is 6.30. The van der Waals surface area contributed by atoms with E-state index in [2.05, 4.69) is 40.9 Å². The minimum absolute atomic E-state index is 0.207. The Morgan fingerprint density at radius 3 is 2.74 bits per heavy atom. The van der Waals surface area contributed by atoms with Gasteiger partial charge in [0.2, 0.25) is 0 Å². The van der Waals surface area contributed by atoms with Gasteiger partial charge in [0, 0.05) is 37.3 Å². The predicted octanol–water partition coefficient (Wildman–Crippen LogP) is 3.16. The van der Waals surface area contributed by atoms with Crippen LogP contribution < -0.4 is 15.5 Å². The quantitative estimate of drug-likeness (QED) is 0.368. The first kappa shape index (κ1) is 21.8. The molecule has 0 radical (unpaired) electrons. The smallest absolute Gasteiger partial charge is 0.259 e. The number of H-pyrrole nitrogens is 1. The largest absolute Gasteiger partial charge is 0.364 e. The molecule has 1 unspecified atom stereocenters. The van der Waals surface area contributed by atoms with Crippen LogP contribution in [0, 0.1) is 0 Å². The first-order valence-corrected chi connectivity index (χ1v) is 11.3. The maximum absolute atomic E-state index is 12.8. The molecule has 1 saturated heterocycles. The van der Waals surface area contributed by atoms with Crippen LogP contribution in [0.15, 0.2) is 60.8 Å². The number of nitrogens with zero attached hydrogens (tertiary/aromatic N) is 5. The van der Waals surface area contributed by atoms with Gasteiger partial charge in [-0.15, -0.1) is 20.4 Å². The molecular formula is C24H26N8O2. The molecule has 2 atom stereocenters. The van der Waals surface area contributed by atoms with Crippen LogP contribution in [0.4, 0.5) is 17.5 Å². The van der Waals surface area contributed by atoms with E-state index in [0.29, 0.717) is 18.2 Å². The summed E-state index contributed by atoms with van der Waals surface area (Å²) in [6.45, 7) is 3.95. The van der Waals surface area contributed by atoms with Crippen LogP contribution in [0.25, 0.3) is 11.0 Å². The highest BCUT2D eigenvalue weighted by atomic mass is 16.5. The number of benzene rings is 1. The molecule has 0 spiro atoms. The van der Waals surface area contributed by atoms with Crippen LogP contribution in [0.3, 0.4) is 0 Å². The van der Waals surface area contributed by atoms with Crippen molar-refractivity contribution in [3.8, 4) is 0 Å². The molecule has 4 heterocycles. The van der Waals surface area contributed by atoms with Crippen LogP contribution >= 0.6 is 0 Å². The molecule has 1 amide bonds. The van der Waals surface area contributed by atoms with Gasteiger partial charge in [0.15, 0.2) is 23.4 Å². The monoisotopic (exact) mass is 458 g/mol. The molecule has 3 aromatic heterocycles. The van der Waals surface area contributed by atoms with Gasteiger partial charge >= 0.3 is 0 Å². The van der Waals surface area contributed by atoms with Gasteiger partial charge in [0.25, 0.3) is 5.91 Å². The van der Waals surface area contributed by atoms with E-state index >= 15 is 0 Å². The Balaban J connectivity index is 1.18. The first-order chi connectivity index (χ1) is 16.7. The highest BCUT2D eigenvalue weighted by molar-refractivity contribution is 5.94. The fourth-order valence-electron chi connectivity index (χ4n) is 4.08. The normalized spacial score (nSPS) is 16.5. The van der Waals surface area contributed by atoms with Gasteiger partial charge in [-0.2, -0.15) is 0 Å². The zero-order chi connectivity index (χ0) is 23.3. The Morgan fingerprint density at radius 1 is 1.12 bits per heavy atom. The van der Waals surface area contributed by atoms with Crippen molar-refractivity contribution in [3.05, 3.63) is 66.4 Å². The van der Waals surface area contributed by atoms with Crippen molar-refractivity contribution in [2.45, 2.75) is 25.5 Å². The Bertz CT molecular complexity index is 1240. The summed E-state index contributed by atoms with van der Waals surface area (Å²) >= 11 is 0. The van der Waals surface area contributed by atoms with E-state index in [-0.39, 0.29) is 11.9 Å². The van der Waals surface area contributed by atoms with Crippen molar-refractivity contribution >= 4 is 34.4 Å². The second kappa shape index (κ2) is 9.84. The van der Waals surface area contributed by atoms with Gasteiger partial charge in [0.1, 0.15) is 5.82 Å². The molecule has 3 N–H and O–H groups in total. The number of hydrogen-bond donors (Lipinski definition) is 3. The maximum atomic E-state index is 12.8. The van der Waals surface area contributed by atoms with Crippen molar-refractivity contribution in [3.63, 3.8) is 0 Å². The third kappa shape index (κ3) is 4.81. The van der Waals surface area contributed by atoms with Crippen molar-refractivity contribution in [1.29, 1.82) is 0 Å². The second-order valence-electron chi connectivity index (χ2n) is 8.10. The highest BCUT2D eigenvalue weighted by Crippen LogP contribution is 2.23. The fourth-order valence-corrected chi connectivity index (χ4v) is 4.08. The number of anilines is 3. The van der Waals surface area contributed by atoms with Crippen LogP contribution in [0.5, 0.6) is 0 Å². The number of carbonyl (C=O) groups is 1. The van der Waals surface area contributed by atoms with E-state index in [1.807, 2.05) is 61.7 Å². The number of rotatable bonds is 8. The third-order valence-electron chi connectivity index (χ3n) is 5.75. The molecular weight excluding hydrogens is 432 g/mol. The third-order valence-corrected chi connectivity index (χ3v) is 5.75. The lowest BCUT2D eigenvalue weighted by atomic mass is 10.1. The average Bonchev–Trinajstić information content (AvgIpc) is 3.53. The number of carbonyl (C=O) groups excluding carboxylic acids is 1. The van der Waals surface area contributed by atoms with Crippen molar-refractivity contribution in [1.82, 2.24) is 25.4 Å². The average molecular weight is 459 g/mol. The molecule has 174 valence electrons. The van der Waals surface area contributed by atoms with Crippen LogP contribution in [0.2, 0.25) is 0 Å². The van der Waals surface area contributed by atoms with Gasteiger partial charge in [-0.3, -0.25) is 4.79 Å². The van der Waals surface area contributed by atoms with E-state index < -0.39 is 6.10 Å². The van der Waals surface area contributed by atoms with E-state index in [4.69, 9.17) is 4.74 Å². The summed E-state index contributed by atoms with van der Waals surface area (Å²) in [5.41, 5.74) is 1.58. The highest BCUT2D eigenvalue weighted by Gasteiger charge is 2.25. The van der Waals surface area contributed by atoms with Crippen molar-refractivity contribution in [2.24, 2.45) is 0 Å². The van der Waals surface area contributed by atoms with Gasteiger partial charge < -0.3 is 25.3 Å². The van der Waals surface area contributed by atoms with Crippen molar-refractivity contribution in [2.75, 3.05) is 35.2 Å². The summed E-state index contributed by atoms with van der Waals surface area (Å²) in [4.78, 5) is 18.0. The predicted molar refractivity (Wildman–Crippen MR) is 130 cm³/mol. The number of ether oxygens (including phenoxy) is 1. The zero-order valence-corrected chi connectivity index (χ0v) is 18.8. The molecule has 34 heavy (non-hydrogen) atoms. The van der Waals surface area contributed by atoms with Crippen LogP contribution in [0.1, 0.15) is 25.0 Å². The molecule has 1 aliphatic heterocycles. The molecule has 4 aromatic rings. The second-order valence-corrected chi connectivity index (χ2v) is 8.10. The maximum Gasteiger partial charge on any atom is 0.259 e. The molecule has 0 bridgehead atoms. The molecule has 5 rings (SSSR count). The van der Waals surface area contributed by atoms with Gasteiger partial charge in [-0.25, -0.2) is 0 Å². The van der Waals surface area contributed by atoms with E-state index in [9.17, 15) is 4.79 Å². The number of aromatic nitrogens is 5. The lowest BCUT2D eigenvalue weighted by molar-refractivity contribution is -0.127. The minimum Gasteiger partial charge on any atom is -0.364 e. The molecule has 1 fully saturated rings. The number of hydrogen-bond acceptors (Lipinski definition) is 8. The first-order valence-electron chi connectivity index (χ1n) is 11.3. The molecule has 1 aliphatic rings. The molecule has 1 aromatic carbocycles. The Labute approximate surface area is 196 Å². The lowest BCUT2D eigenvalue weighted by Gasteiger charge is -2.18. The summed E-state index contributed by atoms with van der Waals surface area (Å²) in [6, 6.07) is 17.2. The van der Waals surface area contributed by atoms with E-state index in [1.165, 1.54) is 0 Å². The van der Waals surface area contributed by atoms with Gasteiger partial charge in [0.05, 0.1) is 0 Å². The summed E-state index contributed by atoms with van der Waals surface area (Å²) in [5.74, 6) is 1.61. The van der Waals surface area contributed by atoms with Crippen molar-refractivity contribution < 1.29 is 9.53 Å².